The van der Waals surface area contributed by atoms with Gasteiger partial charge in [0, 0.05) is 29.1 Å². The standard InChI is InChI=1S/C27H28N6O3/c1-17-9-7-10-18(15-17)30-26(36)32-24-25(35)33(16-21(34)27(2,3)4)20-12-6-5-11-19(20)22(31-24)23-28-13-8-14-29-23/h5-15,24H,16H2,1-4H3,(H2,30,32,36)/t24-/m0/s1. The molecule has 1 aromatic heterocycles. The maximum Gasteiger partial charge on any atom is 0.321 e. The predicted molar refractivity (Wildman–Crippen MR) is 138 cm³/mol. The van der Waals surface area contributed by atoms with Gasteiger partial charge in [-0.25, -0.2) is 19.8 Å². The Morgan fingerprint density at radius 3 is 2.42 bits per heavy atom. The lowest BCUT2D eigenvalue weighted by Gasteiger charge is -2.28. The van der Waals surface area contributed by atoms with Crippen LogP contribution in [0.4, 0.5) is 16.2 Å². The zero-order valence-electron chi connectivity index (χ0n) is 20.6. The molecule has 3 aromatic rings. The number of aryl methyl sites for hydroxylation is 1. The number of carbonyl (C=O) groups is 3. The van der Waals surface area contributed by atoms with Crippen LogP contribution in [0.5, 0.6) is 0 Å². The van der Waals surface area contributed by atoms with E-state index in [9.17, 15) is 14.4 Å². The molecule has 0 fully saturated rings. The average molecular weight is 485 g/mol. The molecule has 0 bridgehead atoms. The molecular weight excluding hydrogens is 456 g/mol. The fraction of sp³-hybridized carbons (Fsp3) is 0.259. The zero-order chi connectivity index (χ0) is 25.9. The number of fused-ring (bicyclic) bond motifs is 1. The van der Waals surface area contributed by atoms with Crippen LogP contribution in [0.15, 0.2) is 72.0 Å². The van der Waals surface area contributed by atoms with Gasteiger partial charge in [0.15, 0.2) is 11.6 Å². The SMILES string of the molecule is Cc1cccc(NC(=O)N[C@@H]2N=C(c3ncccn3)c3ccccc3N(CC(=O)C(C)(C)C)C2=O)c1. The first-order valence-electron chi connectivity index (χ1n) is 11.6. The number of carbonyl (C=O) groups excluding carboxylic acids is 3. The van der Waals surface area contributed by atoms with E-state index < -0.39 is 23.5 Å². The van der Waals surface area contributed by atoms with E-state index in [1.54, 1.807) is 63.5 Å². The van der Waals surface area contributed by atoms with Crippen molar-refractivity contribution in [2.24, 2.45) is 10.4 Å². The molecule has 0 radical (unpaired) electrons. The summed E-state index contributed by atoms with van der Waals surface area (Å²) in [4.78, 5) is 54.3. The Balaban J connectivity index is 1.75. The van der Waals surface area contributed by atoms with Gasteiger partial charge in [-0.3, -0.25) is 9.59 Å². The highest BCUT2D eigenvalue weighted by atomic mass is 16.2. The number of Topliss-reactive ketones (excluding diaryl/α,β-unsaturated/α-hetero) is 1. The molecule has 1 atom stereocenters. The molecule has 36 heavy (non-hydrogen) atoms. The molecule has 2 heterocycles. The quantitative estimate of drug-likeness (QED) is 0.572. The number of hydrogen-bond acceptors (Lipinski definition) is 6. The van der Waals surface area contributed by atoms with Crippen molar-refractivity contribution < 1.29 is 14.4 Å². The summed E-state index contributed by atoms with van der Waals surface area (Å²) in [6, 6.07) is 15.5. The first-order valence-corrected chi connectivity index (χ1v) is 11.6. The topological polar surface area (TPSA) is 117 Å². The van der Waals surface area contributed by atoms with Crippen LogP contribution in [0, 0.1) is 12.3 Å². The number of benzene rings is 2. The van der Waals surface area contributed by atoms with E-state index in [4.69, 9.17) is 0 Å². The van der Waals surface area contributed by atoms with Crippen molar-refractivity contribution in [2.45, 2.75) is 33.9 Å². The van der Waals surface area contributed by atoms with E-state index >= 15 is 0 Å². The Labute approximate surface area is 209 Å². The third-order valence-electron chi connectivity index (χ3n) is 5.67. The van der Waals surface area contributed by atoms with Crippen LogP contribution in [-0.4, -0.2) is 46.1 Å². The highest BCUT2D eigenvalue weighted by molar-refractivity contribution is 6.19. The van der Waals surface area contributed by atoms with E-state index in [0.717, 1.165) is 5.56 Å². The summed E-state index contributed by atoms with van der Waals surface area (Å²) in [5, 5.41) is 5.40. The maximum atomic E-state index is 13.8. The van der Waals surface area contributed by atoms with Crippen LogP contribution in [0.25, 0.3) is 0 Å². The Bertz CT molecular complexity index is 1330. The van der Waals surface area contributed by atoms with Crippen molar-refractivity contribution in [1.82, 2.24) is 15.3 Å². The van der Waals surface area contributed by atoms with Crippen molar-refractivity contribution >= 4 is 34.8 Å². The van der Waals surface area contributed by atoms with E-state index in [-0.39, 0.29) is 12.3 Å². The Morgan fingerprint density at radius 2 is 1.72 bits per heavy atom. The van der Waals surface area contributed by atoms with Gasteiger partial charge in [-0.15, -0.1) is 0 Å². The highest BCUT2D eigenvalue weighted by Crippen LogP contribution is 2.28. The minimum Gasteiger partial charge on any atom is -0.308 e. The summed E-state index contributed by atoms with van der Waals surface area (Å²) in [7, 11) is 0. The lowest BCUT2D eigenvalue weighted by atomic mass is 9.90. The summed E-state index contributed by atoms with van der Waals surface area (Å²) < 4.78 is 0. The number of nitrogens with one attached hydrogen (secondary N) is 2. The molecule has 184 valence electrons. The molecule has 9 heteroatoms. The molecule has 0 saturated heterocycles. The van der Waals surface area contributed by atoms with E-state index in [1.165, 1.54) is 4.90 Å². The fourth-order valence-corrected chi connectivity index (χ4v) is 3.68. The number of benzodiazepines with no additional fused rings is 1. The third kappa shape index (κ3) is 5.46. The number of urea groups is 1. The molecule has 3 amide bonds. The minimum atomic E-state index is -1.31. The van der Waals surface area contributed by atoms with Gasteiger partial charge in [0.1, 0.15) is 5.71 Å². The van der Waals surface area contributed by atoms with Crippen molar-refractivity contribution in [2.75, 3.05) is 16.8 Å². The van der Waals surface area contributed by atoms with Crippen LogP contribution >= 0.6 is 0 Å². The Kier molecular flexibility index (Phi) is 6.91. The first-order chi connectivity index (χ1) is 17.1. The van der Waals surface area contributed by atoms with Crippen LogP contribution in [0.2, 0.25) is 0 Å². The number of ketones is 1. The summed E-state index contributed by atoms with van der Waals surface area (Å²) in [5.41, 5.74) is 2.30. The van der Waals surface area contributed by atoms with E-state index in [2.05, 4.69) is 25.6 Å². The third-order valence-corrected chi connectivity index (χ3v) is 5.67. The van der Waals surface area contributed by atoms with Gasteiger partial charge < -0.3 is 15.5 Å². The second-order valence-electron chi connectivity index (χ2n) is 9.54. The van der Waals surface area contributed by atoms with E-state index in [0.29, 0.717) is 28.5 Å². The van der Waals surface area contributed by atoms with Crippen molar-refractivity contribution in [3.05, 3.63) is 83.9 Å². The maximum absolute atomic E-state index is 13.8. The smallest absolute Gasteiger partial charge is 0.308 e. The molecule has 2 N–H and O–H groups in total. The molecular formula is C27H28N6O3. The molecule has 2 aromatic carbocycles. The van der Waals surface area contributed by atoms with Crippen LogP contribution < -0.4 is 15.5 Å². The normalized spacial score (nSPS) is 15.4. The number of nitrogens with zero attached hydrogens (tertiary/aromatic N) is 4. The summed E-state index contributed by atoms with van der Waals surface area (Å²) in [5.74, 6) is -0.369. The molecule has 0 saturated carbocycles. The number of aliphatic imine (C=N–C) groups is 1. The van der Waals surface area contributed by atoms with Gasteiger partial charge in [0.25, 0.3) is 5.91 Å². The number of amides is 3. The summed E-state index contributed by atoms with van der Waals surface area (Å²) in [6.45, 7) is 7.14. The number of rotatable bonds is 5. The molecule has 0 aliphatic carbocycles. The number of hydrogen-bond donors (Lipinski definition) is 2. The molecule has 0 unspecified atom stereocenters. The number of para-hydroxylation sites is 1. The average Bonchev–Trinajstić information content (AvgIpc) is 2.94. The van der Waals surface area contributed by atoms with Crippen LogP contribution in [-0.2, 0) is 9.59 Å². The molecule has 9 nitrogen and oxygen atoms in total. The first kappa shape index (κ1) is 24.7. The van der Waals surface area contributed by atoms with Gasteiger partial charge in [-0.2, -0.15) is 0 Å². The summed E-state index contributed by atoms with van der Waals surface area (Å²) in [6.07, 6.45) is 1.84. The van der Waals surface area contributed by atoms with Crippen molar-refractivity contribution in [3.8, 4) is 0 Å². The van der Waals surface area contributed by atoms with Gasteiger partial charge >= 0.3 is 6.03 Å². The molecule has 1 aliphatic rings. The van der Waals surface area contributed by atoms with Crippen LogP contribution in [0.1, 0.15) is 37.7 Å². The lowest BCUT2D eigenvalue weighted by Crippen LogP contribution is -2.50. The predicted octanol–water partition coefficient (Wildman–Crippen LogP) is 3.73. The van der Waals surface area contributed by atoms with Crippen molar-refractivity contribution in [1.29, 1.82) is 0 Å². The fourth-order valence-electron chi connectivity index (χ4n) is 3.68. The van der Waals surface area contributed by atoms with Gasteiger partial charge in [0.05, 0.1) is 12.2 Å². The largest absolute Gasteiger partial charge is 0.321 e. The Morgan fingerprint density at radius 1 is 1.00 bits per heavy atom. The lowest BCUT2D eigenvalue weighted by molar-refractivity contribution is -0.127. The number of anilines is 2. The monoisotopic (exact) mass is 484 g/mol. The Hall–Kier alpha value is -4.40. The van der Waals surface area contributed by atoms with Gasteiger partial charge in [-0.05, 0) is 36.8 Å². The zero-order valence-corrected chi connectivity index (χ0v) is 20.6. The van der Waals surface area contributed by atoms with E-state index in [1.807, 2.05) is 31.2 Å². The number of aromatic nitrogens is 2. The second-order valence-corrected chi connectivity index (χ2v) is 9.54. The highest BCUT2D eigenvalue weighted by Gasteiger charge is 2.36. The van der Waals surface area contributed by atoms with Gasteiger partial charge in [0.2, 0.25) is 6.17 Å². The van der Waals surface area contributed by atoms with Crippen molar-refractivity contribution in [3.63, 3.8) is 0 Å². The minimum absolute atomic E-state index is 0.131. The molecule has 1 aliphatic heterocycles. The second kappa shape index (κ2) is 10.1. The summed E-state index contributed by atoms with van der Waals surface area (Å²) >= 11 is 0. The van der Waals surface area contributed by atoms with Gasteiger partial charge in [-0.1, -0.05) is 51.1 Å². The molecule has 0 spiro atoms. The van der Waals surface area contributed by atoms with Crippen LogP contribution in [0.3, 0.4) is 0 Å². The molecule has 4 rings (SSSR count).